The van der Waals surface area contributed by atoms with Crippen molar-refractivity contribution in [1.82, 2.24) is 9.97 Å². The van der Waals surface area contributed by atoms with Crippen molar-refractivity contribution in [3.8, 4) is 11.3 Å². The third-order valence-electron chi connectivity index (χ3n) is 3.33. The molecule has 25 heavy (non-hydrogen) atoms. The lowest BCUT2D eigenvalue weighted by molar-refractivity contribution is 0.601. The van der Waals surface area contributed by atoms with E-state index in [1.807, 2.05) is 0 Å². The highest BCUT2D eigenvalue weighted by atomic mass is 35.5. The predicted molar refractivity (Wildman–Crippen MR) is 98.9 cm³/mol. The molecular formula is C17H15ClN4O2S. The molecule has 0 atom stereocenters. The molecule has 3 N–H and O–H groups in total. The van der Waals surface area contributed by atoms with Crippen molar-refractivity contribution in [2.75, 3.05) is 10.5 Å². The average Bonchev–Trinajstić information content (AvgIpc) is 2.62. The second kappa shape index (κ2) is 6.70. The van der Waals surface area contributed by atoms with E-state index in [0.717, 1.165) is 0 Å². The zero-order valence-corrected chi connectivity index (χ0v) is 14.3. The number of hydrogen-bond acceptors (Lipinski definition) is 5. The smallest absolute Gasteiger partial charge is 0.263 e. The number of halogens is 1. The molecule has 0 aliphatic heterocycles. The lowest BCUT2D eigenvalue weighted by Gasteiger charge is -2.11. The van der Waals surface area contributed by atoms with Crippen molar-refractivity contribution < 1.29 is 12.5 Å². The fraction of sp³-hybridized carbons (Fsp3) is 0.0588. The SMILES string of the molecule is [2H]C([2H])([2H])c1ccccc1-c1nc(NS(=O)(=O)c2ccnc(N)c2)ccc1Cl. The Kier molecular flexibility index (Phi) is 3.65. The number of nitrogen functional groups attached to an aromatic ring is 1. The Labute approximate surface area is 155 Å². The average molecular weight is 378 g/mol. The van der Waals surface area contributed by atoms with Gasteiger partial charge in [-0.3, -0.25) is 4.72 Å². The zero-order valence-electron chi connectivity index (χ0n) is 15.8. The summed E-state index contributed by atoms with van der Waals surface area (Å²) in [6, 6.07) is 11.6. The van der Waals surface area contributed by atoms with Crippen LogP contribution in [-0.4, -0.2) is 18.4 Å². The van der Waals surface area contributed by atoms with Crippen molar-refractivity contribution in [3.05, 3.63) is 65.3 Å². The van der Waals surface area contributed by atoms with Gasteiger partial charge < -0.3 is 5.73 Å². The van der Waals surface area contributed by atoms with Crippen LogP contribution < -0.4 is 10.5 Å². The van der Waals surface area contributed by atoms with Gasteiger partial charge in [-0.25, -0.2) is 18.4 Å². The first-order valence-corrected chi connectivity index (χ1v) is 8.95. The molecule has 0 unspecified atom stereocenters. The lowest BCUT2D eigenvalue weighted by atomic mass is 10.1. The van der Waals surface area contributed by atoms with Crippen LogP contribution in [0.4, 0.5) is 11.6 Å². The molecule has 6 nitrogen and oxygen atoms in total. The van der Waals surface area contributed by atoms with E-state index in [9.17, 15) is 8.42 Å². The number of rotatable bonds is 4. The van der Waals surface area contributed by atoms with E-state index >= 15 is 0 Å². The third kappa shape index (κ3) is 3.72. The molecule has 0 fully saturated rings. The van der Waals surface area contributed by atoms with Gasteiger partial charge in [0.05, 0.1) is 15.6 Å². The minimum atomic E-state index is -3.97. The van der Waals surface area contributed by atoms with Gasteiger partial charge in [0.1, 0.15) is 11.6 Å². The molecule has 3 rings (SSSR count). The molecule has 2 heterocycles. The van der Waals surface area contributed by atoms with Crippen LogP contribution in [-0.2, 0) is 10.0 Å². The summed E-state index contributed by atoms with van der Waals surface area (Å²) < 4.78 is 50.5. The number of benzene rings is 1. The topological polar surface area (TPSA) is 98.0 Å². The standard InChI is InChI=1S/C17H15ClN4O2S/c1-11-4-2-3-5-13(11)17-14(18)6-7-16(21-17)22-25(23,24)12-8-9-20-15(19)10-12/h2-10H,1H3,(H2,19,20)(H,21,22)/i1D3. The number of nitrogens with zero attached hydrogens (tertiary/aromatic N) is 2. The first-order chi connectivity index (χ1) is 13.1. The molecule has 0 saturated heterocycles. The second-order valence-corrected chi connectivity index (χ2v) is 7.18. The van der Waals surface area contributed by atoms with Crippen molar-refractivity contribution >= 4 is 33.3 Å². The van der Waals surface area contributed by atoms with Crippen LogP contribution in [0, 0.1) is 6.85 Å². The Hall–Kier alpha value is -2.64. The van der Waals surface area contributed by atoms with E-state index in [4.69, 9.17) is 21.4 Å². The number of sulfonamides is 1. The first-order valence-electron chi connectivity index (χ1n) is 8.59. The second-order valence-electron chi connectivity index (χ2n) is 5.09. The molecule has 128 valence electrons. The summed E-state index contributed by atoms with van der Waals surface area (Å²) in [5.41, 5.74) is 6.05. The number of hydrogen-bond donors (Lipinski definition) is 2. The fourth-order valence-corrected chi connectivity index (χ4v) is 3.40. The van der Waals surface area contributed by atoms with Crippen LogP contribution in [0.5, 0.6) is 0 Å². The summed E-state index contributed by atoms with van der Waals surface area (Å²) in [6.07, 6.45) is 1.27. The van der Waals surface area contributed by atoms with Gasteiger partial charge in [-0.15, -0.1) is 0 Å². The van der Waals surface area contributed by atoms with Crippen LogP contribution in [0.25, 0.3) is 11.3 Å². The third-order valence-corrected chi connectivity index (χ3v) is 4.99. The number of anilines is 2. The van der Waals surface area contributed by atoms with Gasteiger partial charge in [0.2, 0.25) is 0 Å². The van der Waals surface area contributed by atoms with Crippen LogP contribution in [0.3, 0.4) is 0 Å². The summed E-state index contributed by atoms with van der Waals surface area (Å²) in [7, 11) is -3.97. The Morgan fingerprint density at radius 3 is 2.76 bits per heavy atom. The Bertz CT molecular complexity index is 1140. The van der Waals surface area contributed by atoms with Gasteiger partial charge >= 0.3 is 0 Å². The van der Waals surface area contributed by atoms with E-state index in [1.54, 1.807) is 18.2 Å². The first kappa shape index (κ1) is 13.6. The van der Waals surface area contributed by atoms with E-state index in [0.29, 0.717) is 5.56 Å². The Morgan fingerprint density at radius 1 is 1.20 bits per heavy atom. The maximum atomic E-state index is 12.6. The molecule has 0 radical (unpaired) electrons. The van der Waals surface area contributed by atoms with Gasteiger partial charge in [-0.2, -0.15) is 0 Å². The summed E-state index contributed by atoms with van der Waals surface area (Å²) in [4.78, 5) is 7.91. The normalized spacial score (nSPS) is 13.6. The monoisotopic (exact) mass is 377 g/mol. The van der Waals surface area contributed by atoms with Crippen molar-refractivity contribution in [2.24, 2.45) is 0 Å². The number of nitrogens with one attached hydrogen (secondary N) is 1. The van der Waals surface area contributed by atoms with Gasteiger partial charge in [0.15, 0.2) is 0 Å². The molecule has 0 saturated carbocycles. The maximum absolute atomic E-state index is 12.6. The highest BCUT2D eigenvalue weighted by molar-refractivity contribution is 7.92. The maximum Gasteiger partial charge on any atom is 0.263 e. The molecule has 2 aromatic heterocycles. The number of pyridine rings is 2. The van der Waals surface area contributed by atoms with Gasteiger partial charge in [0, 0.05) is 21.9 Å². The van der Waals surface area contributed by atoms with E-state index in [2.05, 4.69) is 14.7 Å². The summed E-state index contributed by atoms with van der Waals surface area (Å²) in [5, 5.41) is 0.188. The van der Waals surface area contributed by atoms with Crippen LogP contribution in [0.15, 0.2) is 59.6 Å². The molecular weight excluding hydrogens is 360 g/mol. The van der Waals surface area contributed by atoms with Gasteiger partial charge in [-0.05, 0) is 30.6 Å². The van der Waals surface area contributed by atoms with E-state index in [-0.39, 0.29) is 32.8 Å². The highest BCUT2D eigenvalue weighted by Gasteiger charge is 2.17. The molecule has 0 bridgehead atoms. The summed E-state index contributed by atoms with van der Waals surface area (Å²) in [6.45, 7) is -2.38. The van der Waals surface area contributed by atoms with Crippen LogP contribution in [0.2, 0.25) is 5.02 Å². The Morgan fingerprint density at radius 2 is 2.00 bits per heavy atom. The minimum Gasteiger partial charge on any atom is -0.384 e. The summed E-state index contributed by atoms with van der Waals surface area (Å²) >= 11 is 6.21. The minimum absolute atomic E-state index is 0.0184. The highest BCUT2D eigenvalue weighted by Crippen LogP contribution is 2.30. The fourth-order valence-electron chi connectivity index (χ4n) is 2.17. The van der Waals surface area contributed by atoms with Crippen molar-refractivity contribution in [3.63, 3.8) is 0 Å². The van der Waals surface area contributed by atoms with Gasteiger partial charge in [0.25, 0.3) is 10.0 Å². The van der Waals surface area contributed by atoms with Crippen molar-refractivity contribution in [2.45, 2.75) is 11.7 Å². The lowest BCUT2D eigenvalue weighted by Crippen LogP contribution is -2.14. The Balaban J connectivity index is 2.04. The van der Waals surface area contributed by atoms with Crippen LogP contribution >= 0.6 is 11.6 Å². The largest absolute Gasteiger partial charge is 0.384 e. The number of nitrogens with two attached hydrogens (primary N) is 1. The van der Waals surface area contributed by atoms with Gasteiger partial charge in [-0.1, -0.05) is 35.9 Å². The molecule has 0 spiro atoms. The summed E-state index contributed by atoms with van der Waals surface area (Å²) in [5.74, 6) is 0.0364. The van der Waals surface area contributed by atoms with E-state index < -0.39 is 16.9 Å². The molecule has 0 aliphatic carbocycles. The predicted octanol–water partition coefficient (Wildman–Crippen LogP) is 3.49. The van der Waals surface area contributed by atoms with Crippen molar-refractivity contribution in [1.29, 1.82) is 0 Å². The zero-order chi connectivity index (χ0) is 20.5. The quantitative estimate of drug-likeness (QED) is 0.725. The molecule has 0 amide bonds. The molecule has 0 aliphatic rings. The van der Waals surface area contributed by atoms with E-state index in [1.165, 1.54) is 36.5 Å². The number of aryl methyl sites for hydroxylation is 1. The number of aromatic nitrogens is 2. The molecule has 8 heteroatoms. The molecule has 1 aromatic carbocycles. The van der Waals surface area contributed by atoms with Crippen LogP contribution in [0.1, 0.15) is 9.68 Å². The molecule has 3 aromatic rings.